The molecule has 0 bridgehead atoms. The molecule has 9 heteroatoms. The molecule has 2 aromatic rings. The molecule has 2 aliphatic rings. The van der Waals surface area contributed by atoms with E-state index in [-0.39, 0.29) is 24.0 Å². The van der Waals surface area contributed by atoms with Gasteiger partial charge in [-0.05, 0) is 35.6 Å². The number of fused-ring (bicyclic) bond motifs is 1. The number of halogens is 1. The monoisotopic (exact) mass is 558 g/mol. The van der Waals surface area contributed by atoms with Crippen LogP contribution in [0.3, 0.4) is 0 Å². The fourth-order valence-corrected chi connectivity index (χ4v) is 4.62. The Kier molecular flexibility index (Phi) is 9.69. The van der Waals surface area contributed by atoms with Gasteiger partial charge in [0.05, 0.1) is 19.3 Å². The Bertz CT molecular complexity index is 828. The molecule has 0 radical (unpaired) electrons. The van der Waals surface area contributed by atoms with Crippen molar-refractivity contribution >= 4 is 41.3 Å². The second kappa shape index (κ2) is 12.5. The number of nitrogens with zero attached hydrogens (tertiary/aromatic N) is 2. The van der Waals surface area contributed by atoms with Crippen molar-refractivity contribution in [1.82, 2.24) is 15.5 Å². The van der Waals surface area contributed by atoms with Crippen LogP contribution in [0.1, 0.15) is 16.5 Å². The lowest BCUT2D eigenvalue weighted by Gasteiger charge is -2.34. The van der Waals surface area contributed by atoms with Gasteiger partial charge < -0.3 is 24.8 Å². The van der Waals surface area contributed by atoms with Crippen LogP contribution in [-0.2, 0) is 11.2 Å². The van der Waals surface area contributed by atoms with Gasteiger partial charge in [0.15, 0.2) is 17.5 Å². The Hall–Kier alpha value is -1.56. The maximum atomic E-state index is 5.68. The van der Waals surface area contributed by atoms with Crippen LogP contribution in [0.4, 0.5) is 0 Å². The molecule has 1 unspecified atom stereocenters. The van der Waals surface area contributed by atoms with Crippen molar-refractivity contribution in [1.29, 1.82) is 0 Å². The molecule has 1 atom stereocenters. The molecule has 1 aromatic heterocycles. The van der Waals surface area contributed by atoms with E-state index in [1.54, 1.807) is 11.3 Å². The fraction of sp³-hybridized carbons (Fsp3) is 0.500. The van der Waals surface area contributed by atoms with Crippen LogP contribution >= 0.6 is 35.3 Å². The van der Waals surface area contributed by atoms with Gasteiger partial charge in [0.1, 0.15) is 13.2 Å². The van der Waals surface area contributed by atoms with Gasteiger partial charge in [-0.15, -0.1) is 35.3 Å². The second-order valence-electron chi connectivity index (χ2n) is 7.29. The first kappa shape index (κ1) is 24.1. The van der Waals surface area contributed by atoms with E-state index in [2.05, 4.69) is 50.2 Å². The van der Waals surface area contributed by atoms with E-state index in [0.29, 0.717) is 19.3 Å². The van der Waals surface area contributed by atoms with Gasteiger partial charge in [0.25, 0.3) is 0 Å². The zero-order chi connectivity index (χ0) is 20.6. The molecule has 1 saturated heterocycles. The van der Waals surface area contributed by atoms with Crippen LogP contribution in [0.15, 0.2) is 40.7 Å². The molecular weight excluding hydrogens is 527 g/mol. The molecule has 2 N–H and O–H groups in total. The highest BCUT2D eigenvalue weighted by atomic mass is 127. The van der Waals surface area contributed by atoms with Gasteiger partial charge in [-0.2, -0.15) is 0 Å². The number of benzene rings is 1. The number of guanidine groups is 1. The summed E-state index contributed by atoms with van der Waals surface area (Å²) in [4.78, 5) is 8.26. The zero-order valence-electron chi connectivity index (χ0n) is 17.8. The van der Waals surface area contributed by atoms with Gasteiger partial charge in [0, 0.05) is 38.1 Å². The van der Waals surface area contributed by atoms with Gasteiger partial charge in [0.2, 0.25) is 0 Å². The highest BCUT2D eigenvalue weighted by Gasteiger charge is 2.23. The molecule has 0 spiro atoms. The topological polar surface area (TPSA) is 67.4 Å². The number of aliphatic imine (C=N–C) groups is 1. The Morgan fingerprint density at radius 1 is 1.10 bits per heavy atom. The number of rotatable bonds is 7. The predicted octanol–water partition coefficient (Wildman–Crippen LogP) is 2.92. The third-order valence-electron chi connectivity index (χ3n) is 5.36. The normalized spacial score (nSPS) is 17.5. The first-order valence-corrected chi connectivity index (χ1v) is 11.4. The molecule has 4 rings (SSSR count). The highest BCUT2D eigenvalue weighted by molar-refractivity contribution is 14.0. The van der Waals surface area contributed by atoms with Crippen LogP contribution in [0.2, 0.25) is 0 Å². The average molecular weight is 558 g/mol. The Labute approximate surface area is 205 Å². The molecule has 2 aliphatic heterocycles. The maximum absolute atomic E-state index is 5.68. The largest absolute Gasteiger partial charge is 0.486 e. The van der Waals surface area contributed by atoms with E-state index in [1.807, 2.05) is 13.1 Å². The Balaban J connectivity index is 0.00000272. The van der Waals surface area contributed by atoms with Crippen molar-refractivity contribution in [3.63, 3.8) is 0 Å². The lowest BCUT2D eigenvalue weighted by Crippen LogP contribution is -2.46. The fourth-order valence-electron chi connectivity index (χ4n) is 3.76. The second-order valence-corrected chi connectivity index (χ2v) is 8.27. The van der Waals surface area contributed by atoms with Gasteiger partial charge in [-0.3, -0.25) is 9.89 Å². The number of hydrogen-bond acceptors (Lipinski definition) is 6. The number of morpholine rings is 1. The molecule has 0 aliphatic carbocycles. The summed E-state index contributed by atoms with van der Waals surface area (Å²) in [6.45, 7) is 6.34. The van der Waals surface area contributed by atoms with E-state index < -0.39 is 0 Å². The van der Waals surface area contributed by atoms with Crippen LogP contribution in [-0.4, -0.2) is 70.5 Å². The molecule has 0 amide bonds. The molecule has 170 valence electrons. The van der Waals surface area contributed by atoms with Gasteiger partial charge >= 0.3 is 0 Å². The molecule has 7 nitrogen and oxygen atoms in total. The van der Waals surface area contributed by atoms with E-state index >= 15 is 0 Å². The van der Waals surface area contributed by atoms with E-state index in [0.717, 1.165) is 63.3 Å². The van der Waals surface area contributed by atoms with Crippen molar-refractivity contribution in [3.05, 3.63) is 46.2 Å². The number of hydrogen-bond donors (Lipinski definition) is 2. The van der Waals surface area contributed by atoms with Crippen molar-refractivity contribution in [3.8, 4) is 11.5 Å². The summed E-state index contributed by atoms with van der Waals surface area (Å²) < 4.78 is 16.8. The van der Waals surface area contributed by atoms with E-state index in [4.69, 9.17) is 14.2 Å². The summed E-state index contributed by atoms with van der Waals surface area (Å²) in [6.07, 6.45) is 0.884. The van der Waals surface area contributed by atoms with Crippen LogP contribution in [0.5, 0.6) is 11.5 Å². The first-order chi connectivity index (χ1) is 14.8. The number of nitrogens with one attached hydrogen (secondary N) is 2. The van der Waals surface area contributed by atoms with Crippen molar-refractivity contribution in [2.75, 3.05) is 59.7 Å². The standard InChI is InChI=1S/C22H30N4O3S.HI/c1-23-22(24-7-6-17-4-5-19-20(15-17)29-13-12-28-19)25-16-18(21-3-2-14-30-21)26-8-10-27-11-9-26;/h2-5,14-15,18H,6-13,16H2,1H3,(H2,23,24,25);1H. The van der Waals surface area contributed by atoms with E-state index in [9.17, 15) is 0 Å². The minimum atomic E-state index is 0. The molecular formula is C22H31IN4O3S. The Morgan fingerprint density at radius 2 is 1.90 bits per heavy atom. The predicted molar refractivity (Wildman–Crippen MR) is 135 cm³/mol. The highest BCUT2D eigenvalue weighted by Crippen LogP contribution is 2.30. The van der Waals surface area contributed by atoms with Crippen LogP contribution in [0.25, 0.3) is 0 Å². The van der Waals surface area contributed by atoms with Crippen molar-refractivity contribution in [2.24, 2.45) is 4.99 Å². The molecule has 3 heterocycles. The van der Waals surface area contributed by atoms with Crippen LogP contribution < -0.4 is 20.1 Å². The van der Waals surface area contributed by atoms with Crippen LogP contribution in [0, 0.1) is 0 Å². The smallest absolute Gasteiger partial charge is 0.191 e. The maximum Gasteiger partial charge on any atom is 0.191 e. The van der Waals surface area contributed by atoms with Gasteiger partial charge in [-0.1, -0.05) is 12.1 Å². The molecule has 31 heavy (non-hydrogen) atoms. The number of thiophene rings is 1. The quantitative estimate of drug-likeness (QED) is 0.310. The summed E-state index contributed by atoms with van der Waals surface area (Å²) in [6, 6.07) is 10.8. The summed E-state index contributed by atoms with van der Waals surface area (Å²) in [5.41, 5.74) is 1.21. The summed E-state index contributed by atoms with van der Waals surface area (Å²) >= 11 is 1.81. The third kappa shape index (κ3) is 6.71. The molecule has 1 fully saturated rings. The lowest BCUT2D eigenvalue weighted by molar-refractivity contribution is 0.0177. The first-order valence-electron chi connectivity index (χ1n) is 10.5. The van der Waals surface area contributed by atoms with E-state index in [1.165, 1.54) is 10.4 Å². The lowest BCUT2D eigenvalue weighted by atomic mass is 10.1. The zero-order valence-corrected chi connectivity index (χ0v) is 21.0. The Morgan fingerprint density at radius 3 is 2.65 bits per heavy atom. The van der Waals surface area contributed by atoms with Crippen molar-refractivity contribution in [2.45, 2.75) is 12.5 Å². The SMILES string of the molecule is CN=C(NCCc1ccc2c(c1)OCCO2)NCC(c1cccs1)N1CCOCC1.I. The summed E-state index contributed by atoms with van der Waals surface area (Å²) in [7, 11) is 1.81. The minimum Gasteiger partial charge on any atom is -0.486 e. The molecule has 0 saturated carbocycles. The molecule has 1 aromatic carbocycles. The minimum absolute atomic E-state index is 0. The third-order valence-corrected chi connectivity index (χ3v) is 6.33. The number of ether oxygens (including phenoxy) is 3. The van der Waals surface area contributed by atoms with Gasteiger partial charge in [-0.25, -0.2) is 0 Å². The average Bonchev–Trinajstić information content (AvgIpc) is 3.33. The summed E-state index contributed by atoms with van der Waals surface area (Å²) in [5.74, 6) is 2.49. The summed E-state index contributed by atoms with van der Waals surface area (Å²) in [5, 5.41) is 9.08. The van der Waals surface area contributed by atoms with Crippen molar-refractivity contribution < 1.29 is 14.2 Å².